The van der Waals surface area contributed by atoms with Crippen molar-refractivity contribution in [3.05, 3.63) is 40.2 Å². The third-order valence-electron chi connectivity index (χ3n) is 2.87. The van der Waals surface area contributed by atoms with Crippen LogP contribution in [0.3, 0.4) is 0 Å². The second-order valence-corrected chi connectivity index (χ2v) is 8.16. The van der Waals surface area contributed by atoms with Crippen LogP contribution in [0.2, 0.25) is 0 Å². The maximum atomic E-state index is 12.3. The summed E-state index contributed by atoms with van der Waals surface area (Å²) < 4.78 is 27.5. The minimum absolute atomic E-state index is 0.314. The van der Waals surface area contributed by atoms with Crippen LogP contribution in [0.1, 0.15) is 11.3 Å². The fraction of sp³-hybridized carbons (Fsp3) is 0.154. The maximum Gasteiger partial charge on any atom is 0.271 e. The maximum absolute atomic E-state index is 12.3. The summed E-state index contributed by atoms with van der Waals surface area (Å²) in [5.74, 6) is 0. The van der Waals surface area contributed by atoms with E-state index in [2.05, 4.69) is 9.71 Å². The zero-order chi connectivity index (χ0) is 14.3. The summed E-state index contributed by atoms with van der Waals surface area (Å²) in [6.45, 7) is 3.90. The minimum Gasteiger partial charge on any atom is -0.277 e. The predicted octanol–water partition coefficient (Wildman–Crippen LogP) is 3.78. The largest absolute Gasteiger partial charge is 0.277 e. The lowest BCUT2D eigenvalue weighted by molar-refractivity contribution is 0.603. The molecule has 0 aliphatic heterocycles. The number of aromatic nitrogens is 1. The smallest absolute Gasteiger partial charge is 0.271 e. The Kier molecular flexibility index (Phi) is 3.27. The molecule has 20 heavy (non-hydrogen) atoms. The van der Waals surface area contributed by atoms with Crippen LogP contribution in [-0.2, 0) is 10.0 Å². The molecule has 0 saturated carbocycles. The van der Waals surface area contributed by atoms with E-state index in [1.807, 2.05) is 19.9 Å². The number of sulfonamides is 1. The standard InChI is InChI=1S/C13H12N2O2S3/c1-8-6-9(2)14-13-12(8)10(7-19-13)15-20(16,17)11-4-3-5-18-11/h3-7,15H,1-2H3. The molecule has 0 unspecified atom stereocenters. The molecule has 0 fully saturated rings. The second-order valence-electron chi connectivity index (χ2n) is 4.45. The van der Waals surface area contributed by atoms with Crippen LogP contribution in [-0.4, -0.2) is 13.4 Å². The molecular weight excluding hydrogens is 312 g/mol. The van der Waals surface area contributed by atoms with Gasteiger partial charge < -0.3 is 0 Å². The summed E-state index contributed by atoms with van der Waals surface area (Å²) in [7, 11) is -3.51. The highest BCUT2D eigenvalue weighted by Gasteiger charge is 2.18. The number of aryl methyl sites for hydroxylation is 2. The lowest BCUT2D eigenvalue weighted by Crippen LogP contribution is -2.11. The van der Waals surface area contributed by atoms with Crippen LogP contribution < -0.4 is 4.72 Å². The van der Waals surface area contributed by atoms with Crippen molar-refractivity contribution in [1.82, 2.24) is 4.98 Å². The van der Waals surface area contributed by atoms with E-state index in [4.69, 9.17) is 0 Å². The van der Waals surface area contributed by atoms with Gasteiger partial charge in [0.05, 0.1) is 5.69 Å². The van der Waals surface area contributed by atoms with Crippen molar-refractivity contribution in [2.75, 3.05) is 4.72 Å². The molecule has 4 nitrogen and oxygen atoms in total. The summed E-state index contributed by atoms with van der Waals surface area (Å²) >= 11 is 2.65. The number of rotatable bonds is 3. The van der Waals surface area contributed by atoms with E-state index in [-0.39, 0.29) is 0 Å². The number of thiophene rings is 2. The predicted molar refractivity (Wildman–Crippen MR) is 84.2 cm³/mol. The first-order valence-corrected chi connectivity index (χ1v) is 9.13. The Hall–Kier alpha value is -1.44. The summed E-state index contributed by atoms with van der Waals surface area (Å²) in [5, 5.41) is 4.42. The van der Waals surface area contributed by atoms with Crippen LogP contribution >= 0.6 is 22.7 Å². The topological polar surface area (TPSA) is 59.1 Å². The summed E-state index contributed by atoms with van der Waals surface area (Å²) in [6, 6.07) is 5.27. The highest BCUT2D eigenvalue weighted by Crippen LogP contribution is 2.33. The molecule has 0 bridgehead atoms. The Morgan fingerprint density at radius 1 is 1.25 bits per heavy atom. The van der Waals surface area contributed by atoms with Crippen molar-refractivity contribution in [2.24, 2.45) is 0 Å². The highest BCUT2D eigenvalue weighted by atomic mass is 32.2. The van der Waals surface area contributed by atoms with Crippen molar-refractivity contribution in [1.29, 1.82) is 0 Å². The van der Waals surface area contributed by atoms with Gasteiger partial charge in [0.1, 0.15) is 9.04 Å². The van der Waals surface area contributed by atoms with E-state index >= 15 is 0 Å². The number of anilines is 1. The molecular formula is C13H12N2O2S3. The van der Waals surface area contributed by atoms with E-state index in [9.17, 15) is 8.42 Å². The van der Waals surface area contributed by atoms with Crippen molar-refractivity contribution in [2.45, 2.75) is 18.1 Å². The molecule has 0 aliphatic carbocycles. The second kappa shape index (κ2) is 4.83. The molecule has 0 aliphatic rings. The molecule has 0 amide bonds. The first-order chi connectivity index (χ1) is 9.47. The highest BCUT2D eigenvalue weighted by molar-refractivity contribution is 7.94. The van der Waals surface area contributed by atoms with Gasteiger partial charge in [-0.15, -0.1) is 22.7 Å². The SMILES string of the molecule is Cc1cc(C)c2c(NS(=O)(=O)c3cccs3)csc2n1. The quantitative estimate of drug-likeness (QED) is 0.797. The Labute approximate surface area is 125 Å². The van der Waals surface area contributed by atoms with Crippen molar-refractivity contribution in [3.63, 3.8) is 0 Å². The number of hydrogen-bond donors (Lipinski definition) is 1. The van der Waals surface area contributed by atoms with E-state index in [1.54, 1.807) is 22.9 Å². The van der Waals surface area contributed by atoms with Crippen LogP contribution in [0.15, 0.2) is 33.2 Å². The monoisotopic (exact) mass is 324 g/mol. The Balaban J connectivity index is 2.09. The third-order valence-corrected chi connectivity index (χ3v) is 6.51. The summed E-state index contributed by atoms with van der Waals surface area (Å²) in [4.78, 5) is 5.29. The Bertz CT molecular complexity index is 865. The molecule has 3 heterocycles. The van der Waals surface area contributed by atoms with Crippen molar-refractivity contribution >= 4 is 48.6 Å². The van der Waals surface area contributed by atoms with Gasteiger partial charge in [-0.25, -0.2) is 13.4 Å². The number of fused-ring (bicyclic) bond motifs is 1. The molecule has 104 valence electrons. The number of nitrogens with zero attached hydrogens (tertiary/aromatic N) is 1. The van der Waals surface area contributed by atoms with Gasteiger partial charge in [-0.2, -0.15) is 0 Å². The molecule has 0 atom stereocenters. The fourth-order valence-corrected chi connectivity index (χ4v) is 5.20. The van der Waals surface area contributed by atoms with E-state index in [0.29, 0.717) is 9.90 Å². The van der Waals surface area contributed by atoms with Gasteiger partial charge >= 0.3 is 0 Å². The van der Waals surface area contributed by atoms with Gasteiger partial charge in [0.2, 0.25) is 0 Å². The molecule has 7 heteroatoms. The fourth-order valence-electron chi connectivity index (χ4n) is 2.08. The summed E-state index contributed by atoms with van der Waals surface area (Å²) in [6.07, 6.45) is 0. The van der Waals surface area contributed by atoms with E-state index in [1.165, 1.54) is 22.7 Å². The average Bonchev–Trinajstić information content (AvgIpc) is 2.98. The van der Waals surface area contributed by atoms with Gasteiger partial charge in [-0.05, 0) is 36.9 Å². The third kappa shape index (κ3) is 2.32. The van der Waals surface area contributed by atoms with Gasteiger partial charge in [0.15, 0.2) is 0 Å². The van der Waals surface area contributed by atoms with Crippen LogP contribution in [0.25, 0.3) is 10.2 Å². The van der Waals surface area contributed by atoms with Crippen LogP contribution in [0, 0.1) is 13.8 Å². The molecule has 0 radical (unpaired) electrons. The van der Waals surface area contributed by atoms with Gasteiger partial charge in [0, 0.05) is 16.5 Å². The zero-order valence-electron chi connectivity index (χ0n) is 10.9. The first-order valence-electron chi connectivity index (χ1n) is 5.89. The van der Waals surface area contributed by atoms with Gasteiger partial charge in [-0.1, -0.05) is 6.07 Å². The average molecular weight is 324 g/mol. The summed E-state index contributed by atoms with van der Waals surface area (Å²) in [5.41, 5.74) is 2.56. The van der Waals surface area contributed by atoms with Gasteiger partial charge in [0.25, 0.3) is 10.0 Å². The number of nitrogens with one attached hydrogen (secondary N) is 1. The molecule has 1 N–H and O–H groups in total. The lowest BCUT2D eigenvalue weighted by Gasteiger charge is -2.06. The van der Waals surface area contributed by atoms with Crippen molar-refractivity contribution in [3.8, 4) is 0 Å². The van der Waals surface area contributed by atoms with Crippen LogP contribution in [0.5, 0.6) is 0 Å². The van der Waals surface area contributed by atoms with Crippen LogP contribution in [0.4, 0.5) is 5.69 Å². The van der Waals surface area contributed by atoms with Crippen molar-refractivity contribution < 1.29 is 8.42 Å². The Morgan fingerprint density at radius 2 is 2.05 bits per heavy atom. The molecule has 0 aromatic carbocycles. The van der Waals surface area contributed by atoms with E-state index in [0.717, 1.165) is 21.5 Å². The lowest BCUT2D eigenvalue weighted by atomic mass is 10.2. The molecule has 3 aromatic heterocycles. The number of pyridine rings is 1. The minimum atomic E-state index is -3.51. The number of hydrogen-bond acceptors (Lipinski definition) is 5. The van der Waals surface area contributed by atoms with Gasteiger partial charge in [-0.3, -0.25) is 4.72 Å². The molecule has 0 spiro atoms. The molecule has 3 aromatic rings. The normalized spacial score (nSPS) is 11.9. The first kappa shape index (κ1) is 13.5. The zero-order valence-corrected chi connectivity index (χ0v) is 13.3. The van der Waals surface area contributed by atoms with E-state index < -0.39 is 10.0 Å². The Morgan fingerprint density at radius 3 is 2.75 bits per heavy atom. The molecule has 0 saturated heterocycles. The molecule has 3 rings (SSSR count).